The van der Waals surface area contributed by atoms with E-state index in [1.54, 1.807) is 0 Å². The number of hydrogen-bond donors (Lipinski definition) is 0. The normalized spacial score (nSPS) is 22.5. The van der Waals surface area contributed by atoms with Crippen LogP contribution in [0.2, 0.25) is 0 Å². The Kier molecular flexibility index (Phi) is 4.93. The third-order valence-corrected chi connectivity index (χ3v) is 6.38. The monoisotopic (exact) mass is 366 g/mol. The fourth-order valence-electron chi connectivity index (χ4n) is 4.69. The fraction of sp³-hybridized carbons (Fsp3) is 0.667. The summed E-state index contributed by atoms with van der Waals surface area (Å²) in [6.45, 7) is 6.76. The van der Waals surface area contributed by atoms with Gasteiger partial charge in [-0.1, -0.05) is 0 Å². The lowest BCUT2D eigenvalue weighted by Crippen LogP contribution is -2.33. The number of nitrogens with zero attached hydrogens (tertiary/aromatic N) is 6. The van der Waals surface area contributed by atoms with Crippen molar-refractivity contribution in [2.75, 3.05) is 26.2 Å². The summed E-state index contributed by atoms with van der Waals surface area (Å²) in [6.07, 6.45) is 11.4. The summed E-state index contributed by atoms with van der Waals surface area (Å²) in [5.41, 5.74) is 1.36. The van der Waals surface area contributed by atoms with Gasteiger partial charge in [-0.25, -0.2) is 0 Å². The van der Waals surface area contributed by atoms with E-state index < -0.39 is 0 Å². The quantitative estimate of drug-likeness (QED) is 0.787. The van der Waals surface area contributed by atoms with E-state index in [0.717, 1.165) is 26.2 Å². The lowest BCUT2D eigenvalue weighted by molar-refractivity contribution is 0.199. The van der Waals surface area contributed by atoms with Crippen molar-refractivity contribution in [1.82, 2.24) is 29.5 Å². The molecule has 2 saturated heterocycles. The zero-order valence-corrected chi connectivity index (χ0v) is 16.1. The third-order valence-electron chi connectivity index (χ3n) is 6.38. The molecular formula is C21H30N6. The molecule has 2 aromatic heterocycles. The Hall–Kier alpha value is -1.79. The van der Waals surface area contributed by atoms with Crippen LogP contribution in [0.5, 0.6) is 0 Å². The van der Waals surface area contributed by atoms with E-state index in [1.807, 2.05) is 12.4 Å². The third kappa shape index (κ3) is 3.92. The Labute approximate surface area is 161 Å². The molecule has 0 spiro atoms. The van der Waals surface area contributed by atoms with Gasteiger partial charge in [0.15, 0.2) is 0 Å². The van der Waals surface area contributed by atoms with Gasteiger partial charge >= 0.3 is 0 Å². The molecule has 3 aliphatic rings. The summed E-state index contributed by atoms with van der Waals surface area (Å²) < 4.78 is 2.53. The first-order valence-electron chi connectivity index (χ1n) is 10.6. The van der Waals surface area contributed by atoms with Crippen LogP contribution in [0.25, 0.3) is 0 Å². The van der Waals surface area contributed by atoms with Crippen molar-refractivity contribution in [1.29, 1.82) is 0 Å². The molecule has 144 valence electrons. The molecule has 1 saturated carbocycles. The van der Waals surface area contributed by atoms with Crippen molar-refractivity contribution in [3.8, 4) is 0 Å². The Morgan fingerprint density at radius 1 is 0.815 bits per heavy atom. The van der Waals surface area contributed by atoms with Crippen LogP contribution in [0, 0.1) is 0 Å². The standard InChI is InChI=1S/C21H30N6/c1-2-12-25(11-1)16-20-23-24-21(27(20)19-3-4-19)18-7-13-26(14-8-18)15-17-5-9-22-10-6-17/h5-6,9-10,18-19H,1-4,7-8,11-16H2. The van der Waals surface area contributed by atoms with Crippen molar-refractivity contribution < 1.29 is 0 Å². The molecule has 0 amide bonds. The molecule has 0 bridgehead atoms. The lowest BCUT2D eigenvalue weighted by Gasteiger charge is -2.31. The SMILES string of the molecule is c1cc(CN2CCC(c3nnc(CN4CCCC4)n3C3CC3)CC2)ccn1. The van der Waals surface area contributed by atoms with Gasteiger partial charge in [-0.15, -0.1) is 10.2 Å². The van der Waals surface area contributed by atoms with Gasteiger partial charge in [0.2, 0.25) is 0 Å². The minimum Gasteiger partial charge on any atom is -0.311 e. The molecule has 0 radical (unpaired) electrons. The zero-order valence-electron chi connectivity index (χ0n) is 16.1. The summed E-state index contributed by atoms with van der Waals surface area (Å²) in [5, 5.41) is 9.37. The van der Waals surface area contributed by atoms with Crippen molar-refractivity contribution in [3.05, 3.63) is 41.7 Å². The lowest BCUT2D eigenvalue weighted by atomic mass is 9.95. The van der Waals surface area contributed by atoms with Gasteiger partial charge in [0.05, 0.1) is 6.54 Å². The molecule has 6 heteroatoms. The van der Waals surface area contributed by atoms with Gasteiger partial charge < -0.3 is 4.57 Å². The van der Waals surface area contributed by atoms with Gasteiger partial charge in [0.1, 0.15) is 11.6 Å². The van der Waals surface area contributed by atoms with Gasteiger partial charge in [-0.2, -0.15) is 0 Å². The molecule has 3 fully saturated rings. The van der Waals surface area contributed by atoms with Gasteiger partial charge in [0, 0.05) is 30.9 Å². The van der Waals surface area contributed by atoms with Gasteiger partial charge in [-0.3, -0.25) is 14.8 Å². The average Bonchev–Trinajstić information content (AvgIpc) is 3.25. The second-order valence-corrected chi connectivity index (χ2v) is 8.46. The summed E-state index contributed by atoms with van der Waals surface area (Å²) >= 11 is 0. The summed E-state index contributed by atoms with van der Waals surface area (Å²) in [5.74, 6) is 3.06. The molecule has 27 heavy (non-hydrogen) atoms. The Morgan fingerprint density at radius 2 is 1.52 bits per heavy atom. The maximum Gasteiger partial charge on any atom is 0.147 e. The second kappa shape index (κ2) is 7.68. The highest BCUT2D eigenvalue weighted by Gasteiger charge is 2.34. The topological polar surface area (TPSA) is 50.1 Å². The van der Waals surface area contributed by atoms with Gasteiger partial charge in [-0.05, 0) is 82.4 Å². The van der Waals surface area contributed by atoms with E-state index >= 15 is 0 Å². The van der Waals surface area contributed by atoms with Crippen LogP contribution in [0.4, 0.5) is 0 Å². The largest absolute Gasteiger partial charge is 0.311 e. The first-order valence-corrected chi connectivity index (χ1v) is 10.6. The van der Waals surface area contributed by atoms with Crippen molar-refractivity contribution in [3.63, 3.8) is 0 Å². The number of rotatable bonds is 6. The Morgan fingerprint density at radius 3 is 2.22 bits per heavy atom. The van der Waals surface area contributed by atoms with Crippen LogP contribution in [0.3, 0.4) is 0 Å². The molecule has 4 heterocycles. The zero-order chi connectivity index (χ0) is 18.1. The Balaban J connectivity index is 1.25. The highest BCUT2D eigenvalue weighted by atomic mass is 15.3. The molecule has 1 aliphatic carbocycles. The molecule has 0 aromatic carbocycles. The predicted octanol–water partition coefficient (Wildman–Crippen LogP) is 2.98. The first-order chi connectivity index (χ1) is 13.4. The average molecular weight is 367 g/mol. The Bertz CT molecular complexity index is 739. The van der Waals surface area contributed by atoms with E-state index in [4.69, 9.17) is 5.10 Å². The van der Waals surface area contributed by atoms with Crippen LogP contribution in [0.15, 0.2) is 24.5 Å². The maximum absolute atomic E-state index is 4.71. The molecular weight excluding hydrogens is 336 g/mol. The molecule has 2 aliphatic heterocycles. The van der Waals surface area contributed by atoms with Crippen LogP contribution in [-0.4, -0.2) is 55.7 Å². The highest BCUT2D eigenvalue weighted by Crippen LogP contribution is 2.40. The number of pyridine rings is 1. The van der Waals surface area contributed by atoms with Crippen molar-refractivity contribution >= 4 is 0 Å². The summed E-state index contributed by atoms with van der Waals surface area (Å²) in [7, 11) is 0. The van der Waals surface area contributed by atoms with Crippen LogP contribution < -0.4 is 0 Å². The van der Waals surface area contributed by atoms with E-state index in [2.05, 4.69) is 36.6 Å². The minimum absolute atomic E-state index is 0.569. The number of likely N-dealkylation sites (tertiary alicyclic amines) is 2. The van der Waals surface area contributed by atoms with Crippen molar-refractivity contribution in [2.24, 2.45) is 0 Å². The summed E-state index contributed by atoms with van der Waals surface area (Å²) in [4.78, 5) is 9.23. The molecule has 0 N–H and O–H groups in total. The van der Waals surface area contributed by atoms with E-state index in [-0.39, 0.29) is 0 Å². The smallest absolute Gasteiger partial charge is 0.147 e. The molecule has 2 aromatic rings. The predicted molar refractivity (Wildman–Crippen MR) is 104 cm³/mol. The molecule has 5 rings (SSSR count). The number of piperidine rings is 1. The maximum atomic E-state index is 4.71. The second-order valence-electron chi connectivity index (χ2n) is 8.46. The number of hydrogen-bond acceptors (Lipinski definition) is 5. The van der Waals surface area contributed by atoms with Crippen LogP contribution >= 0.6 is 0 Å². The molecule has 0 atom stereocenters. The molecule has 0 unspecified atom stereocenters. The van der Waals surface area contributed by atoms with Crippen LogP contribution in [-0.2, 0) is 13.1 Å². The van der Waals surface area contributed by atoms with E-state index in [0.29, 0.717) is 12.0 Å². The highest BCUT2D eigenvalue weighted by molar-refractivity contribution is 5.11. The van der Waals surface area contributed by atoms with Crippen LogP contribution in [0.1, 0.15) is 67.7 Å². The fourth-order valence-corrected chi connectivity index (χ4v) is 4.69. The number of aromatic nitrogens is 4. The van der Waals surface area contributed by atoms with Crippen molar-refractivity contribution in [2.45, 2.75) is 63.6 Å². The van der Waals surface area contributed by atoms with E-state index in [1.165, 1.54) is 68.8 Å². The molecule has 6 nitrogen and oxygen atoms in total. The first kappa shape index (κ1) is 17.3. The minimum atomic E-state index is 0.569. The summed E-state index contributed by atoms with van der Waals surface area (Å²) in [6, 6.07) is 4.92. The van der Waals surface area contributed by atoms with Gasteiger partial charge in [0.25, 0.3) is 0 Å². The van der Waals surface area contributed by atoms with E-state index in [9.17, 15) is 0 Å².